The van der Waals surface area contributed by atoms with Crippen LogP contribution >= 0.6 is 0 Å². The SMILES string of the molecule is COc1ccc(C(=O)CN2CCOCC2=O)cc1F. The van der Waals surface area contributed by atoms with Crippen molar-refractivity contribution in [3.63, 3.8) is 0 Å². The molecule has 1 aliphatic rings. The van der Waals surface area contributed by atoms with Crippen molar-refractivity contribution >= 4 is 11.7 Å². The zero-order chi connectivity index (χ0) is 13.8. The number of amides is 1. The van der Waals surface area contributed by atoms with E-state index in [9.17, 15) is 14.0 Å². The summed E-state index contributed by atoms with van der Waals surface area (Å²) in [4.78, 5) is 24.9. The average molecular weight is 267 g/mol. The fourth-order valence-electron chi connectivity index (χ4n) is 1.82. The Bertz CT molecular complexity index is 503. The lowest BCUT2D eigenvalue weighted by Gasteiger charge is -2.26. The molecule has 0 spiro atoms. The van der Waals surface area contributed by atoms with Crippen molar-refractivity contribution in [2.24, 2.45) is 0 Å². The van der Waals surface area contributed by atoms with Gasteiger partial charge >= 0.3 is 0 Å². The van der Waals surface area contributed by atoms with Crippen LogP contribution < -0.4 is 4.74 Å². The number of carbonyl (C=O) groups excluding carboxylic acids is 2. The summed E-state index contributed by atoms with van der Waals surface area (Å²) in [6, 6.07) is 3.99. The molecule has 0 N–H and O–H groups in total. The molecule has 19 heavy (non-hydrogen) atoms. The number of carbonyl (C=O) groups is 2. The van der Waals surface area contributed by atoms with Gasteiger partial charge in [0.25, 0.3) is 0 Å². The number of benzene rings is 1. The number of hydrogen-bond acceptors (Lipinski definition) is 4. The van der Waals surface area contributed by atoms with Crippen molar-refractivity contribution in [3.05, 3.63) is 29.6 Å². The van der Waals surface area contributed by atoms with E-state index >= 15 is 0 Å². The molecule has 0 atom stereocenters. The van der Waals surface area contributed by atoms with E-state index in [0.717, 1.165) is 6.07 Å². The van der Waals surface area contributed by atoms with Crippen LogP contribution in [0.1, 0.15) is 10.4 Å². The molecule has 0 saturated carbocycles. The van der Waals surface area contributed by atoms with Gasteiger partial charge in [-0.2, -0.15) is 0 Å². The maximum atomic E-state index is 13.5. The third kappa shape index (κ3) is 3.08. The highest BCUT2D eigenvalue weighted by Gasteiger charge is 2.22. The van der Waals surface area contributed by atoms with Crippen molar-refractivity contribution in [1.82, 2.24) is 4.90 Å². The average Bonchev–Trinajstić information content (AvgIpc) is 2.41. The smallest absolute Gasteiger partial charge is 0.249 e. The number of hydrogen-bond donors (Lipinski definition) is 0. The van der Waals surface area contributed by atoms with Gasteiger partial charge in [-0.25, -0.2) is 4.39 Å². The molecule has 1 aliphatic heterocycles. The van der Waals surface area contributed by atoms with Crippen molar-refractivity contribution in [3.8, 4) is 5.75 Å². The second-order valence-electron chi connectivity index (χ2n) is 4.14. The van der Waals surface area contributed by atoms with E-state index in [2.05, 4.69) is 0 Å². The fraction of sp³-hybridized carbons (Fsp3) is 0.385. The highest BCUT2D eigenvalue weighted by atomic mass is 19.1. The molecule has 2 rings (SSSR count). The highest BCUT2D eigenvalue weighted by molar-refractivity contribution is 5.99. The van der Waals surface area contributed by atoms with Gasteiger partial charge in [0.05, 0.1) is 20.3 Å². The number of ketones is 1. The molecular weight excluding hydrogens is 253 g/mol. The maximum absolute atomic E-state index is 13.5. The van der Waals surface area contributed by atoms with E-state index in [-0.39, 0.29) is 36.2 Å². The molecule has 0 unspecified atom stereocenters. The molecule has 0 aromatic heterocycles. The lowest BCUT2D eigenvalue weighted by molar-refractivity contribution is -0.141. The number of nitrogens with zero attached hydrogens (tertiary/aromatic N) is 1. The maximum Gasteiger partial charge on any atom is 0.249 e. The number of morpholine rings is 1. The summed E-state index contributed by atoms with van der Waals surface area (Å²) in [7, 11) is 1.35. The van der Waals surface area contributed by atoms with Crippen LogP contribution in [0.5, 0.6) is 5.75 Å². The Kier molecular flexibility index (Phi) is 4.11. The predicted molar refractivity (Wildman–Crippen MR) is 64.7 cm³/mol. The Morgan fingerprint density at radius 2 is 2.32 bits per heavy atom. The largest absolute Gasteiger partial charge is 0.494 e. The van der Waals surface area contributed by atoms with Crippen molar-refractivity contribution in [2.45, 2.75) is 0 Å². The predicted octanol–water partition coefficient (Wildman–Crippen LogP) is 0.876. The van der Waals surface area contributed by atoms with E-state index in [0.29, 0.717) is 13.2 Å². The van der Waals surface area contributed by atoms with E-state index in [1.54, 1.807) is 0 Å². The van der Waals surface area contributed by atoms with Gasteiger partial charge in [-0.1, -0.05) is 0 Å². The molecule has 0 aliphatic carbocycles. The topological polar surface area (TPSA) is 55.8 Å². The molecular formula is C13H14FNO4. The number of methoxy groups -OCH3 is 1. The highest BCUT2D eigenvalue weighted by Crippen LogP contribution is 2.18. The van der Waals surface area contributed by atoms with Gasteiger partial charge in [0, 0.05) is 12.1 Å². The van der Waals surface area contributed by atoms with E-state index in [1.807, 2.05) is 0 Å². The van der Waals surface area contributed by atoms with Gasteiger partial charge < -0.3 is 14.4 Å². The summed E-state index contributed by atoms with van der Waals surface area (Å²) in [6.07, 6.45) is 0. The summed E-state index contributed by atoms with van der Waals surface area (Å²) in [6.45, 7) is 0.720. The molecule has 1 aromatic carbocycles. The molecule has 1 heterocycles. The van der Waals surface area contributed by atoms with Crippen LogP contribution in [0.3, 0.4) is 0 Å². The minimum absolute atomic E-state index is 0.00967. The van der Waals surface area contributed by atoms with Gasteiger partial charge in [0.1, 0.15) is 6.61 Å². The monoisotopic (exact) mass is 267 g/mol. The van der Waals surface area contributed by atoms with Crippen LogP contribution in [0.4, 0.5) is 4.39 Å². The summed E-state index contributed by atoms with van der Waals surface area (Å²) >= 11 is 0. The van der Waals surface area contributed by atoms with E-state index in [4.69, 9.17) is 9.47 Å². The van der Waals surface area contributed by atoms with Crippen LogP contribution in [0, 0.1) is 5.82 Å². The Hall–Kier alpha value is -1.95. The molecule has 0 bridgehead atoms. The van der Waals surface area contributed by atoms with Crippen molar-refractivity contribution in [1.29, 1.82) is 0 Å². The van der Waals surface area contributed by atoms with Gasteiger partial charge in [0.2, 0.25) is 5.91 Å². The van der Waals surface area contributed by atoms with Crippen molar-refractivity contribution in [2.75, 3.05) is 33.4 Å². The first-order chi connectivity index (χ1) is 9.11. The first kappa shape index (κ1) is 13.5. The minimum Gasteiger partial charge on any atom is -0.494 e. The number of halogens is 1. The second-order valence-corrected chi connectivity index (χ2v) is 4.14. The molecule has 1 fully saturated rings. The van der Waals surface area contributed by atoms with Crippen LogP contribution in [0.15, 0.2) is 18.2 Å². The Morgan fingerprint density at radius 3 is 2.95 bits per heavy atom. The Labute approximate surface area is 109 Å². The van der Waals surface area contributed by atoms with Gasteiger partial charge in [0.15, 0.2) is 17.3 Å². The summed E-state index contributed by atoms with van der Waals surface area (Å²) < 4.78 is 23.2. The van der Waals surface area contributed by atoms with Crippen LogP contribution in [-0.2, 0) is 9.53 Å². The molecule has 6 heteroatoms. The molecule has 1 aromatic rings. The van der Waals surface area contributed by atoms with E-state index < -0.39 is 5.82 Å². The minimum atomic E-state index is -0.596. The molecule has 1 amide bonds. The standard InChI is InChI=1S/C13H14FNO4/c1-18-12-3-2-9(6-10(12)14)11(16)7-15-4-5-19-8-13(15)17/h2-3,6H,4-5,7-8H2,1H3. The number of rotatable bonds is 4. The van der Waals surface area contributed by atoms with Gasteiger partial charge in [-0.15, -0.1) is 0 Å². The number of ether oxygens (including phenoxy) is 2. The third-order valence-corrected chi connectivity index (χ3v) is 2.89. The van der Waals surface area contributed by atoms with E-state index in [1.165, 1.54) is 24.1 Å². The van der Waals surface area contributed by atoms with Crippen molar-refractivity contribution < 1.29 is 23.5 Å². The van der Waals surface area contributed by atoms with Gasteiger partial charge in [-0.3, -0.25) is 9.59 Å². The lowest BCUT2D eigenvalue weighted by atomic mass is 10.1. The lowest BCUT2D eigenvalue weighted by Crippen LogP contribution is -2.44. The van der Waals surface area contributed by atoms with Crippen LogP contribution in [-0.4, -0.2) is 50.0 Å². The number of Topliss-reactive ketones (excluding diaryl/α,β-unsaturated/α-hetero) is 1. The van der Waals surface area contributed by atoms with Crippen LogP contribution in [0.2, 0.25) is 0 Å². The summed E-state index contributed by atoms with van der Waals surface area (Å²) in [5.41, 5.74) is 0.220. The Balaban J connectivity index is 2.07. The molecule has 5 nitrogen and oxygen atoms in total. The van der Waals surface area contributed by atoms with Gasteiger partial charge in [-0.05, 0) is 18.2 Å². The first-order valence-electron chi connectivity index (χ1n) is 5.84. The summed E-state index contributed by atoms with van der Waals surface area (Å²) in [5, 5.41) is 0. The molecule has 1 saturated heterocycles. The molecule has 0 radical (unpaired) electrons. The quantitative estimate of drug-likeness (QED) is 0.760. The van der Waals surface area contributed by atoms with Crippen LogP contribution in [0.25, 0.3) is 0 Å². The molecule has 102 valence electrons. The first-order valence-corrected chi connectivity index (χ1v) is 5.84. The second kappa shape index (κ2) is 5.79. The normalized spacial score (nSPS) is 15.5. The Morgan fingerprint density at radius 1 is 1.53 bits per heavy atom. The zero-order valence-corrected chi connectivity index (χ0v) is 10.5. The summed E-state index contributed by atoms with van der Waals surface area (Å²) in [5.74, 6) is -1.05. The third-order valence-electron chi connectivity index (χ3n) is 2.89. The zero-order valence-electron chi connectivity index (χ0n) is 10.5. The fourth-order valence-corrected chi connectivity index (χ4v) is 1.82.